The van der Waals surface area contributed by atoms with E-state index in [9.17, 15) is 4.79 Å². The van der Waals surface area contributed by atoms with Gasteiger partial charge < -0.3 is 15.4 Å². The van der Waals surface area contributed by atoms with Crippen molar-refractivity contribution in [1.29, 1.82) is 0 Å². The summed E-state index contributed by atoms with van der Waals surface area (Å²) in [6.07, 6.45) is 0. The zero-order chi connectivity index (χ0) is 15.0. The van der Waals surface area contributed by atoms with Gasteiger partial charge in [-0.2, -0.15) is 0 Å². The van der Waals surface area contributed by atoms with Crippen LogP contribution in [0.3, 0.4) is 0 Å². The molecule has 1 aromatic carbocycles. The topological polar surface area (TPSA) is 73.4 Å². The van der Waals surface area contributed by atoms with Crippen molar-refractivity contribution in [2.75, 3.05) is 32.0 Å². The second-order valence-corrected chi connectivity index (χ2v) is 5.40. The maximum absolute atomic E-state index is 12.7. The molecule has 0 spiro atoms. The van der Waals surface area contributed by atoms with E-state index >= 15 is 0 Å². The molecule has 1 unspecified atom stereocenters. The number of benzene rings is 1. The van der Waals surface area contributed by atoms with E-state index in [0.29, 0.717) is 32.3 Å². The number of amides is 1. The van der Waals surface area contributed by atoms with Gasteiger partial charge in [0.2, 0.25) is 11.9 Å². The van der Waals surface area contributed by atoms with Gasteiger partial charge in [0.25, 0.3) is 0 Å². The number of hydrogen-bond acceptors (Lipinski definition) is 4. The lowest BCUT2D eigenvalue weighted by atomic mass is 10.2. The van der Waals surface area contributed by atoms with Gasteiger partial charge in [-0.25, -0.2) is 4.98 Å². The number of para-hydroxylation sites is 1. The third-order valence-electron chi connectivity index (χ3n) is 4.01. The van der Waals surface area contributed by atoms with Crippen LogP contribution in [0.5, 0.6) is 0 Å². The van der Waals surface area contributed by atoms with Crippen molar-refractivity contribution in [2.24, 2.45) is 0 Å². The number of ether oxygens (including phenoxy) is 1. The highest BCUT2D eigenvalue weighted by molar-refractivity contribution is 5.87. The van der Waals surface area contributed by atoms with Crippen LogP contribution in [0.15, 0.2) is 18.2 Å². The number of nitrogen functional groups attached to an aromatic ring is 1. The molecule has 0 radical (unpaired) electrons. The fraction of sp³-hybridized carbons (Fsp3) is 0.467. The number of nitrogens with zero attached hydrogens (tertiary/aromatic N) is 3. The van der Waals surface area contributed by atoms with Gasteiger partial charge in [-0.3, -0.25) is 9.36 Å². The van der Waals surface area contributed by atoms with E-state index in [0.717, 1.165) is 16.6 Å². The summed E-state index contributed by atoms with van der Waals surface area (Å²) in [5, 5.41) is 0. The number of aryl methyl sites for hydroxylation is 1. The summed E-state index contributed by atoms with van der Waals surface area (Å²) in [4.78, 5) is 18.9. The van der Waals surface area contributed by atoms with Gasteiger partial charge in [0.15, 0.2) is 0 Å². The minimum atomic E-state index is -0.366. The van der Waals surface area contributed by atoms with Gasteiger partial charge in [-0.15, -0.1) is 0 Å². The third-order valence-corrected chi connectivity index (χ3v) is 4.01. The minimum absolute atomic E-state index is 0.0625. The lowest BCUT2D eigenvalue weighted by molar-refractivity contribution is -0.138. The van der Waals surface area contributed by atoms with Gasteiger partial charge in [0, 0.05) is 13.1 Å². The fourth-order valence-electron chi connectivity index (χ4n) is 2.89. The molecule has 1 aliphatic rings. The van der Waals surface area contributed by atoms with Crippen LogP contribution in [0, 0.1) is 6.92 Å². The van der Waals surface area contributed by atoms with E-state index in [1.54, 1.807) is 0 Å². The van der Waals surface area contributed by atoms with Crippen molar-refractivity contribution < 1.29 is 9.53 Å². The Morgan fingerprint density at radius 3 is 2.81 bits per heavy atom. The number of anilines is 1. The number of nitrogens with two attached hydrogens (primary N) is 1. The predicted octanol–water partition coefficient (Wildman–Crippen LogP) is 1.35. The molecule has 2 N–H and O–H groups in total. The molecule has 0 saturated carbocycles. The first-order valence-electron chi connectivity index (χ1n) is 7.19. The van der Waals surface area contributed by atoms with Crippen LogP contribution in [-0.4, -0.2) is 46.7 Å². The zero-order valence-corrected chi connectivity index (χ0v) is 12.4. The molecule has 2 aromatic rings. The number of fused-ring (bicyclic) bond motifs is 1. The summed E-state index contributed by atoms with van der Waals surface area (Å²) in [6.45, 7) is 6.34. The van der Waals surface area contributed by atoms with Crippen molar-refractivity contribution in [1.82, 2.24) is 14.5 Å². The first kappa shape index (κ1) is 13.9. The van der Waals surface area contributed by atoms with E-state index in [2.05, 4.69) is 4.98 Å². The summed E-state index contributed by atoms with van der Waals surface area (Å²) >= 11 is 0. The Labute approximate surface area is 123 Å². The highest BCUT2D eigenvalue weighted by Gasteiger charge is 2.26. The van der Waals surface area contributed by atoms with Crippen LogP contribution >= 0.6 is 0 Å². The van der Waals surface area contributed by atoms with Crippen LogP contribution < -0.4 is 5.73 Å². The summed E-state index contributed by atoms with van der Waals surface area (Å²) in [5.74, 6) is 0.445. The molecule has 0 aliphatic carbocycles. The summed E-state index contributed by atoms with van der Waals surface area (Å²) in [6, 6.07) is 5.50. The first-order valence-corrected chi connectivity index (χ1v) is 7.19. The second kappa shape index (κ2) is 5.37. The molecule has 6 heteroatoms. The maximum atomic E-state index is 12.7. The van der Waals surface area contributed by atoms with Gasteiger partial charge in [-0.05, 0) is 25.5 Å². The smallest absolute Gasteiger partial charge is 0.245 e. The third kappa shape index (κ3) is 2.35. The van der Waals surface area contributed by atoms with E-state index < -0.39 is 0 Å². The number of carbonyl (C=O) groups is 1. The predicted molar refractivity (Wildman–Crippen MR) is 81.0 cm³/mol. The largest absolute Gasteiger partial charge is 0.378 e. The van der Waals surface area contributed by atoms with Crippen LogP contribution in [0.25, 0.3) is 11.0 Å². The molecule has 112 valence electrons. The molecule has 1 atom stereocenters. The van der Waals surface area contributed by atoms with Crippen molar-refractivity contribution in [3.63, 3.8) is 0 Å². The molecule has 1 fully saturated rings. The first-order chi connectivity index (χ1) is 10.1. The Morgan fingerprint density at radius 1 is 1.38 bits per heavy atom. The lowest BCUT2D eigenvalue weighted by Crippen LogP contribution is -2.43. The molecule has 21 heavy (non-hydrogen) atoms. The second-order valence-electron chi connectivity index (χ2n) is 5.40. The Balaban J connectivity index is 1.99. The van der Waals surface area contributed by atoms with Crippen LogP contribution in [0.4, 0.5) is 5.95 Å². The van der Waals surface area contributed by atoms with Gasteiger partial charge in [0.1, 0.15) is 6.04 Å². The summed E-state index contributed by atoms with van der Waals surface area (Å²) < 4.78 is 7.13. The van der Waals surface area contributed by atoms with Crippen molar-refractivity contribution in [3.8, 4) is 0 Å². The standard InChI is InChI=1S/C15H20N4O2/c1-10-4-3-5-12-13(10)19(15(16)17-12)11(2)14(20)18-6-8-21-9-7-18/h3-5,11H,6-9H2,1-2H3,(H2,16,17). The molecule has 6 nitrogen and oxygen atoms in total. The van der Waals surface area contributed by atoms with E-state index in [1.165, 1.54) is 0 Å². The average molecular weight is 288 g/mol. The molecule has 1 aliphatic heterocycles. The van der Waals surface area contributed by atoms with Crippen molar-refractivity contribution in [2.45, 2.75) is 19.9 Å². The number of hydrogen-bond donors (Lipinski definition) is 1. The molecule has 2 heterocycles. The van der Waals surface area contributed by atoms with E-state index in [1.807, 2.05) is 41.5 Å². The number of rotatable bonds is 2. The highest BCUT2D eigenvalue weighted by Crippen LogP contribution is 2.26. The number of carbonyl (C=O) groups excluding carboxylic acids is 1. The number of morpholine rings is 1. The normalized spacial score (nSPS) is 17.1. The molecule has 1 saturated heterocycles. The Bertz CT molecular complexity index is 674. The Kier molecular flexibility index (Phi) is 3.55. The number of imidazole rings is 1. The van der Waals surface area contributed by atoms with Gasteiger partial charge in [-0.1, -0.05) is 12.1 Å². The zero-order valence-electron chi connectivity index (χ0n) is 12.4. The van der Waals surface area contributed by atoms with Crippen molar-refractivity contribution in [3.05, 3.63) is 23.8 Å². The van der Waals surface area contributed by atoms with Gasteiger partial charge in [0.05, 0.1) is 24.2 Å². The van der Waals surface area contributed by atoms with Crippen LogP contribution in [0.1, 0.15) is 18.5 Å². The Morgan fingerprint density at radius 2 is 2.10 bits per heavy atom. The summed E-state index contributed by atoms with van der Waals surface area (Å²) in [5.41, 5.74) is 8.88. The van der Waals surface area contributed by atoms with Crippen molar-refractivity contribution >= 4 is 22.9 Å². The fourth-order valence-corrected chi connectivity index (χ4v) is 2.89. The summed E-state index contributed by atoms with van der Waals surface area (Å²) in [7, 11) is 0. The SMILES string of the molecule is Cc1cccc2nc(N)n(C(C)C(=O)N3CCOCC3)c12. The quantitative estimate of drug-likeness (QED) is 0.905. The molecule has 1 aromatic heterocycles. The average Bonchev–Trinajstić information content (AvgIpc) is 2.84. The molecule has 3 rings (SSSR count). The van der Waals surface area contributed by atoms with E-state index in [-0.39, 0.29) is 11.9 Å². The highest BCUT2D eigenvalue weighted by atomic mass is 16.5. The molecular weight excluding hydrogens is 268 g/mol. The lowest BCUT2D eigenvalue weighted by Gasteiger charge is -2.30. The van der Waals surface area contributed by atoms with Crippen LogP contribution in [-0.2, 0) is 9.53 Å². The molecular formula is C15H20N4O2. The minimum Gasteiger partial charge on any atom is -0.378 e. The maximum Gasteiger partial charge on any atom is 0.245 e. The van der Waals surface area contributed by atoms with E-state index in [4.69, 9.17) is 10.5 Å². The van der Waals surface area contributed by atoms with Gasteiger partial charge >= 0.3 is 0 Å². The number of aromatic nitrogens is 2. The monoisotopic (exact) mass is 288 g/mol. The Hall–Kier alpha value is -2.08. The molecule has 0 bridgehead atoms. The molecule has 1 amide bonds. The van der Waals surface area contributed by atoms with Crippen LogP contribution in [0.2, 0.25) is 0 Å².